The van der Waals surface area contributed by atoms with Crippen LogP contribution in [-0.2, 0) is 16.1 Å². The Balaban J connectivity index is 1.77. The molecule has 0 amide bonds. The van der Waals surface area contributed by atoms with Gasteiger partial charge in [-0.15, -0.1) is 0 Å². The van der Waals surface area contributed by atoms with Crippen molar-refractivity contribution in [3.05, 3.63) is 32.9 Å². The van der Waals surface area contributed by atoms with Crippen LogP contribution in [-0.4, -0.2) is 47.9 Å². The van der Waals surface area contributed by atoms with Crippen molar-refractivity contribution in [2.45, 2.75) is 77.3 Å². The smallest absolute Gasteiger partial charge is 0.305 e. The van der Waals surface area contributed by atoms with Gasteiger partial charge < -0.3 is 9.84 Å². The maximum Gasteiger partial charge on any atom is 0.305 e. The number of thioether (sulfide) groups is 1. The fourth-order valence-corrected chi connectivity index (χ4v) is 5.88. The van der Waals surface area contributed by atoms with Crippen LogP contribution in [0.25, 0.3) is 0 Å². The van der Waals surface area contributed by atoms with Gasteiger partial charge in [-0.05, 0) is 47.5 Å². The lowest BCUT2D eigenvalue weighted by atomic mass is 9.94. The van der Waals surface area contributed by atoms with Gasteiger partial charge in [0, 0.05) is 17.9 Å². The average Bonchev–Trinajstić information content (AvgIpc) is 3.14. The molecule has 1 fully saturated rings. The molecule has 0 unspecified atom stereocenters. The van der Waals surface area contributed by atoms with Crippen molar-refractivity contribution in [2.75, 3.05) is 6.61 Å². The fourth-order valence-electron chi connectivity index (χ4n) is 4.61. The zero-order valence-corrected chi connectivity index (χ0v) is 19.4. The highest BCUT2D eigenvalue weighted by molar-refractivity contribution is 8.14. The molecule has 2 aromatic heterocycles. The van der Waals surface area contributed by atoms with Crippen molar-refractivity contribution in [1.82, 2.24) is 19.6 Å². The van der Waals surface area contributed by atoms with Crippen LogP contribution in [0.3, 0.4) is 0 Å². The molecule has 1 saturated heterocycles. The molecule has 0 radical (unpaired) electrons. The third kappa shape index (κ3) is 4.10. The van der Waals surface area contributed by atoms with E-state index in [9.17, 15) is 9.59 Å². The number of nitrogens with one attached hydrogen (secondary N) is 1. The minimum Gasteiger partial charge on any atom is -0.481 e. The summed E-state index contributed by atoms with van der Waals surface area (Å²) >= 11 is 1.54. The summed E-state index contributed by atoms with van der Waals surface area (Å²) in [6.45, 7) is 10.9. The minimum absolute atomic E-state index is 0.00143. The summed E-state index contributed by atoms with van der Waals surface area (Å²) < 4.78 is 9.51. The first-order valence-corrected chi connectivity index (χ1v) is 11.4. The second kappa shape index (κ2) is 7.98. The number of hydrogen-bond donors (Lipinski definition) is 2. The molecule has 10 heteroatoms. The quantitative estimate of drug-likeness (QED) is 0.725. The van der Waals surface area contributed by atoms with Crippen LogP contribution in [0.15, 0.2) is 9.79 Å². The molecule has 2 atom stereocenters. The highest BCUT2D eigenvalue weighted by Gasteiger charge is 2.37. The van der Waals surface area contributed by atoms with E-state index in [1.54, 1.807) is 16.4 Å². The van der Waals surface area contributed by atoms with Crippen molar-refractivity contribution >= 4 is 28.6 Å². The molecule has 2 aliphatic heterocycles. The molecule has 2 N–H and O–H groups in total. The molecule has 31 heavy (non-hydrogen) atoms. The summed E-state index contributed by atoms with van der Waals surface area (Å²) in [5.41, 5.74) is 2.91. The highest BCUT2D eigenvalue weighted by Crippen LogP contribution is 2.47. The number of carboxylic acid groups (broad SMARTS) is 1. The third-order valence-electron chi connectivity index (χ3n) is 6.02. The Labute approximate surface area is 184 Å². The molecule has 0 bridgehead atoms. The van der Waals surface area contributed by atoms with Crippen LogP contribution in [0, 0.1) is 13.8 Å². The Kier molecular flexibility index (Phi) is 5.63. The summed E-state index contributed by atoms with van der Waals surface area (Å²) in [6.07, 6.45) is 1.61. The molecule has 168 valence electrons. The average molecular weight is 448 g/mol. The van der Waals surface area contributed by atoms with Gasteiger partial charge in [-0.3, -0.25) is 24.1 Å². The van der Waals surface area contributed by atoms with Crippen LogP contribution < -0.4 is 5.56 Å². The van der Waals surface area contributed by atoms with E-state index in [4.69, 9.17) is 14.8 Å². The SMILES string of the molecule is CC1=Nc2c(c(=O)[nH]n2[C@@H]2CCOC(C)(C)C2)[C@@H](c2c(C)nn(CCC(=O)O)c2C)S1. The van der Waals surface area contributed by atoms with E-state index in [0.717, 1.165) is 34.8 Å². The lowest BCUT2D eigenvalue weighted by molar-refractivity contribution is -0.137. The molecule has 4 rings (SSSR count). The highest BCUT2D eigenvalue weighted by atomic mass is 32.2. The van der Waals surface area contributed by atoms with Crippen molar-refractivity contribution < 1.29 is 14.6 Å². The Morgan fingerprint density at radius 2 is 2.06 bits per heavy atom. The summed E-state index contributed by atoms with van der Waals surface area (Å²) in [4.78, 5) is 28.9. The summed E-state index contributed by atoms with van der Waals surface area (Å²) in [5, 5.41) is 17.3. The molecule has 0 aliphatic carbocycles. The zero-order chi connectivity index (χ0) is 22.5. The summed E-state index contributed by atoms with van der Waals surface area (Å²) in [5.74, 6) is -0.176. The van der Waals surface area contributed by atoms with Gasteiger partial charge in [0.05, 0.1) is 46.2 Å². The normalized spacial score (nSPS) is 22.8. The maximum atomic E-state index is 13.1. The molecular formula is C21H29N5O4S. The number of hydrogen-bond acceptors (Lipinski definition) is 6. The van der Waals surface area contributed by atoms with Crippen molar-refractivity contribution in [3.8, 4) is 0 Å². The Morgan fingerprint density at radius 3 is 2.74 bits per heavy atom. The number of aromatic amines is 1. The summed E-state index contributed by atoms with van der Waals surface area (Å²) in [6, 6.07) is 0.112. The van der Waals surface area contributed by atoms with E-state index < -0.39 is 5.97 Å². The number of nitrogens with zero attached hydrogens (tertiary/aromatic N) is 4. The summed E-state index contributed by atoms with van der Waals surface area (Å²) in [7, 11) is 0. The van der Waals surface area contributed by atoms with Gasteiger partial charge in [-0.1, -0.05) is 11.8 Å². The number of rotatable bonds is 5. The number of carboxylic acids is 1. The first kappa shape index (κ1) is 21.9. The number of aliphatic carboxylic acids is 1. The molecule has 0 saturated carbocycles. The number of H-pyrrole nitrogens is 1. The van der Waals surface area contributed by atoms with E-state index in [1.165, 1.54) is 0 Å². The largest absolute Gasteiger partial charge is 0.481 e. The van der Waals surface area contributed by atoms with E-state index in [0.29, 0.717) is 24.5 Å². The van der Waals surface area contributed by atoms with Crippen molar-refractivity contribution in [3.63, 3.8) is 0 Å². The van der Waals surface area contributed by atoms with Crippen molar-refractivity contribution in [2.24, 2.45) is 4.99 Å². The van der Waals surface area contributed by atoms with E-state index in [-0.39, 0.29) is 28.9 Å². The van der Waals surface area contributed by atoms with Crippen LogP contribution in [0.4, 0.5) is 5.82 Å². The van der Waals surface area contributed by atoms with Crippen LogP contribution in [0.5, 0.6) is 0 Å². The van der Waals surface area contributed by atoms with Gasteiger partial charge in [0.2, 0.25) is 0 Å². The van der Waals surface area contributed by atoms with E-state index >= 15 is 0 Å². The number of ether oxygens (including phenoxy) is 1. The van der Waals surface area contributed by atoms with Gasteiger partial charge >= 0.3 is 5.97 Å². The molecule has 2 aliphatic rings. The monoisotopic (exact) mass is 447 g/mol. The van der Waals surface area contributed by atoms with Gasteiger partial charge in [0.15, 0.2) is 5.82 Å². The first-order valence-electron chi connectivity index (χ1n) is 10.5. The first-order chi connectivity index (χ1) is 14.6. The molecule has 0 spiro atoms. The second-order valence-corrected chi connectivity index (χ2v) is 10.2. The number of aryl methyl sites for hydroxylation is 2. The fraction of sp³-hybridized carbons (Fsp3) is 0.619. The number of fused-ring (bicyclic) bond motifs is 1. The van der Waals surface area contributed by atoms with Gasteiger partial charge in [0.25, 0.3) is 5.56 Å². The Morgan fingerprint density at radius 1 is 1.32 bits per heavy atom. The number of aromatic nitrogens is 4. The van der Waals surface area contributed by atoms with Gasteiger partial charge in [-0.2, -0.15) is 5.10 Å². The molecule has 2 aromatic rings. The van der Waals surface area contributed by atoms with Crippen LogP contribution in [0.2, 0.25) is 0 Å². The molecular weight excluding hydrogens is 418 g/mol. The predicted octanol–water partition coefficient (Wildman–Crippen LogP) is 3.48. The lowest BCUT2D eigenvalue weighted by Gasteiger charge is -2.36. The minimum atomic E-state index is -0.862. The number of carbonyl (C=O) groups is 1. The van der Waals surface area contributed by atoms with Crippen LogP contribution in [0.1, 0.15) is 73.8 Å². The lowest BCUT2D eigenvalue weighted by Crippen LogP contribution is -2.35. The van der Waals surface area contributed by atoms with Crippen molar-refractivity contribution in [1.29, 1.82) is 0 Å². The van der Waals surface area contributed by atoms with E-state index in [2.05, 4.69) is 24.0 Å². The molecule has 9 nitrogen and oxygen atoms in total. The Bertz CT molecular complexity index is 1110. The van der Waals surface area contributed by atoms with E-state index in [1.807, 2.05) is 25.5 Å². The zero-order valence-electron chi connectivity index (χ0n) is 18.6. The molecule has 4 heterocycles. The molecule has 0 aromatic carbocycles. The Hall–Kier alpha value is -2.33. The third-order valence-corrected chi connectivity index (χ3v) is 7.16. The van der Waals surface area contributed by atoms with Crippen LogP contribution >= 0.6 is 11.8 Å². The second-order valence-electron chi connectivity index (χ2n) is 8.88. The standard InChI is InChI=1S/C21H29N5O4S/c1-11-16(12(2)25(23-11)8-6-15(27)28)18-17-19(22-13(3)31-18)26(24-20(17)29)14-7-9-30-21(4,5)10-14/h14,18H,6-10H2,1-5H3,(H,24,29)(H,27,28)/t14-,18-/m1/s1. The topological polar surface area (TPSA) is 114 Å². The number of aliphatic imine (C=N–C) groups is 1. The predicted molar refractivity (Wildman–Crippen MR) is 120 cm³/mol. The van der Waals surface area contributed by atoms with Gasteiger partial charge in [-0.25, -0.2) is 4.99 Å². The van der Waals surface area contributed by atoms with Gasteiger partial charge in [0.1, 0.15) is 0 Å². The maximum absolute atomic E-state index is 13.1.